The number of ether oxygens (including phenoxy) is 1. The molecule has 1 unspecified atom stereocenters. The van der Waals surface area contributed by atoms with Gasteiger partial charge in [-0.25, -0.2) is 4.98 Å². The number of likely N-dealkylation sites (tertiary alicyclic amines) is 1. The van der Waals surface area contributed by atoms with Crippen LogP contribution in [0.5, 0.6) is 0 Å². The van der Waals surface area contributed by atoms with Crippen LogP contribution in [0.2, 0.25) is 0 Å². The number of amides is 1. The zero-order valence-electron chi connectivity index (χ0n) is 14.9. The van der Waals surface area contributed by atoms with Crippen molar-refractivity contribution >= 4 is 5.91 Å². The summed E-state index contributed by atoms with van der Waals surface area (Å²) in [5, 5.41) is 0. The molecular formula is C17H28N4O2. The van der Waals surface area contributed by atoms with Gasteiger partial charge in [0.05, 0.1) is 12.6 Å². The number of hydrogen-bond donors (Lipinski definition) is 0. The minimum atomic E-state index is -0.0271. The van der Waals surface area contributed by atoms with E-state index in [1.807, 2.05) is 30.1 Å². The van der Waals surface area contributed by atoms with Crippen LogP contribution < -0.4 is 0 Å². The molecule has 0 aliphatic carbocycles. The third kappa shape index (κ3) is 3.64. The predicted molar refractivity (Wildman–Crippen MR) is 90.0 cm³/mol. The fourth-order valence-corrected chi connectivity index (χ4v) is 3.20. The van der Waals surface area contributed by atoms with Crippen molar-refractivity contribution in [2.75, 3.05) is 40.9 Å². The topological polar surface area (TPSA) is 50.6 Å². The van der Waals surface area contributed by atoms with Crippen LogP contribution in [0, 0.1) is 5.41 Å². The first kappa shape index (κ1) is 17.7. The van der Waals surface area contributed by atoms with Gasteiger partial charge in [-0.15, -0.1) is 0 Å². The molecule has 23 heavy (non-hydrogen) atoms. The molecule has 1 atom stereocenters. The van der Waals surface area contributed by atoms with Crippen molar-refractivity contribution in [1.29, 1.82) is 0 Å². The predicted octanol–water partition coefficient (Wildman–Crippen LogP) is 1.56. The SMILES string of the molecule is C=C(CN(C)C)C(=O)N1CC(C)(C)C1c1nccn1CCOC. The summed E-state index contributed by atoms with van der Waals surface area (Å²) in [7, 11) is 5.56. The highest BCUT2D eigenvalue weighted by atomic mass is 16.5. The molecule has 1 saturated heterocycles. The van der Waals surface area contributed by atoms with Crippen LogP contribution in [-0.4, -0.2) is 66.2 Å². The molecule has 0 aromatic carbocycles. The number of methoxy groups -OCH3 is 1. The van der Waals surface area contributed by atoms with E-state index in [2.05, 4.69) is 30.0 Å². The quantitative estimate of drug-likeness (QED) is 0.716. The van der Waals surface area contributed by atoms with Crippen molar-refractivity contribution in [3.8, 4) is 0 Å². The first-order valence-corrected chi connectivity index (χ1v) is 7.91. The molecule has 128 valence electrons. The van der Waals surface area contributed by atoms with Crippen LogP contribution in [-0.2, 0) is 16.1 Å². The maximum Gasteiger partial charge on any atom is 0.251 e. The summed E-state index contributed by atoms with van der Waals surface area (Å²) >= 11 is 0. The van der Waals surface area contributed by atoms with Crippen LogP contribution in [0.4, 0.5) is 0 Å². The van der Waals surface area contributed by atoms with E-state index in [9.17, 15) is 4.79 Å². The number of likely N-dealkylation sites (N-methyl/N-ethyl adjacent to an activating group) is 1. The largest absolute Gasteiger partial charge is 0.383 e. The Labute approximate surface area is 138 Å². The number of carbonyl (C=O) groups is 1. The molecule has 1 aromatic rings. The molecule has 0 saturated carbocycles. The van der Waals surface area contributed by atoms with E-state index in [-0.39, 0.29) is 17.4 Å². The molecule has 1 aliphatic heterocycles. The minimum Gasteiger partial charge on any atom is -0.383 e. The molecule has 6 heteroatoms. The van der Waals surface area contributed by atoms with Gasteiger partial charge in [0.2, 0.25) is 0 Å². The average molecular weight is 320 g/mol. The lowest BCUT2D eigenvalue weighted by atomic mass is 9.74. The number of aromatic nitrogens is 2. The highest BCUT2D eigenvalue weighted by Crippen LogP contribution is 2.48. The van der Waals surface area contributed by atoms with Crippen molar-refractivity contribution in [2.24, 2.45) is 5.41 Å². The van der Waals surface area contributed by atoms with Crippen LogP contribution >= 0.6 is 0 Å². The van der Waals surface area contributed by atoms with Crippen LogP contribution in [0.25, 0.3) is 0 Å². The second-order valence-electron chi connectivity index (χ2n) is 7.14. The summed E-state index contributed by atoms with van der Waals surface area (Å²) in [6.45, 7) is 10.9. The molecule has 1 amide bonds. The Bertz CT molecular complexity index is 577. The van der Waals surface area contributed by atoms with Gasteiger partial charge in [-0.05, 0) is 14.1 Å². The normalized spacial score (nSPS) is 19.7. The first-order valence-electron chi connectivity index (χ1n) is 7.91. The maximum absolute atomic E-state index is 12.7. The Morgan fingerprint density at radius 2 is 2.22 bits per heavy atom. The van der Waals surface area contributed by atoms with Gasteiger partial charge in [-0.1, -0.05) is 20.4 Å². The van der Waals surface area contributed by atoms with Gasteiger partial charge in [0.1, 0.15) is 5.82 Å². The molecule has 6 nitrogen and oxygen atoms in total. The Hall–Kier alpha value is -1.66. The van der Waals surface area contributed by atoms with E-state index in [4.69, 9.17) is 4.74 Å². The number of carbonyl (C=O) groups excluding carboxylic acids is 1. The van der Waals surface area contributed by atoms with Crippen molar-refractivity contribution in [3.63, 3.8) is 0 Å². The van der Waals surface area contributed by atoms with Gasteiger partial charge in [-0.3, -0.25) is 4.79 Å². The zero-order valence-corrected chi connectivity index (χ0v) is 14.9. The summed E-state index contributed by atoms with van der Waals surface area (Å²) in [6.07, 6.45) is 3.73. The van der Waals surface area contributed by atoms with Crippen LogP contribution in [0.3, 0.4) is 0 Å². The highest BCUT2D eigenvalue weighted by Gasteiger charge is 2.51. The van der Waals surface area contributed by atoms with Crippen molar-refractivity contribution < 1.29 is 9.53 Å². The van der Waals surface area contributed by atoms with Gasteiger partial charge < -0.3 is 19.1 Å². The van der Waals surface area contributed by atoms with Gasteiger partial charge in [0.15, 0.2) is 0 Å². The molecule has 0 bridgehead atoms. The number of imidazole rings is 1. The van der Waals surface area contributed by atoms with E-state index in [1.165, 1.54) is 0 Å². The van der Waals surface area contributed by atoms with Crippen LogP contribution in [0.1, 0.15) is 25.7 Å². The number of rotatable bonds is 7. The van der Waals surface area contributed by atoms with Crippen LogP contribution in [0.15, 0.2) is 24.5 Å². The summed E-state index contributed by atoms with van der Waals surface area (Å²) in [5.41, 5.74) is 0.620. The smallest absolute Gasteiger partial charge is 0.251 e. The lowest BCUT2D eigenvalue weighted by Gasteiger charge is -2.54. The molecule has 2 rings (SSSR count). The van der Waals surface area contributed by atoms with E-state index in [1.54, 1.807) is 13.3 Å². The molecule has 0 N–H and O–H groups in total. The monoisotopic (exact) mass is 320 g/mol. The van der Waals surface area contributed by atoms with Gasteiger partial charge in [-0.2, -0.15) is 0 Å². The third-order valence-electron chi connectivity index (χ3n) is 4.23. The summed E-state index contributed by atoms with van der Waals surface area (Å²) in [4.78, 5) is 21.1. The van der Waals surface area contributed by atoms with E-state index < -0.39 is 0 Å². The molecule has 0 spiro atoms. The standard InChI is InChI=1S/C17H28N4O2/c1-13(11-19(4)5)16(22)21-12-17(2,3)14(21)15-18-7-8-20(15)9-10-23-6/h7-8,14H,1,9-12H2,2-6H3. The Morgan fingerprint density at radius 1 is 1.52 bits per heavy atom. The summed E-state index contributed by atoms with van der Waals surface area (Å²) in [6, 6.07) is -0.0271. The highest BCUT2D eigenvalue weighted by molar-refractivity contribution is 5.94. The van der Waals surface area contributed by atoms with Gasteiger partial charge in [0.25, 0.3) is 5.91 Å². The minimum absolute atomic E-state index is 0.00420. The van der Waals surface area contributed by atoms with E-state index in [0.29, 0.717) is 18.7 Å². The fraction of sp³-hybridized carbons (Fsp3) is 0.647. The average Bonchev–Trinajstić information content (AvgIpc) is 2.88. The first-order chi connectivity index (χ1) is 10.8. The lowest BCUT2D eigenvalue weighted by molar-refractivity contribution is -0.149. The molecule has 1 aromatic heterocycles. The summed E-state index contributed by atoms with van der Waals surface area (Å²) < 4.78 is 7.23. The molecule has 1 aliphatic rings. The Morgan fingerprint density at radius 3 is 2.78 bits per heavy atom. The second kappa shape index (κ2) is 6.84. The third-order valence-corrected chi connectivity index (χ3v) is 4.23. The number of hydrogen-bond acceptors (Lipinski definition) is 4. The Balaban J connectivity index is 2.19. The summed E-state index contributed by atoms with van der Waals surface area (Å²) in [5.74, 6) is 0.939. The van der Waals surface area contributed by atoms with Crippen molar-refractivity contribution in [3.05, 3.63) is 30.4 Å². The molecular weight excluding hydrogens is 292 g/mol. The van der Waals surface area contributed by atoms with Gasteiger partial charge in [0, 0.05) is 50.1 Å². The molecule has 2 heterocycles. The zero-order chi connectivity index (χ0) is 17.2. The van der Waals surface area contributed by atoms with E-state index in [0.717, 1.165) is 18.9 Å². The lowest BCUT2D eigenvalue weighted by Crippen LogP contribution is -2.59. The van der Waals surface area contributed by atoms with Crippen molar-refractivity contribution in [1.82, 2.24) is 19.4 Å². The second-order valence-corrected chi connectivity index (χ2v) is 7.14. The molecule has 1 fully saturated rings. The maximum atomic E-state index is 12.7. The fourth-order valence-electron chi connectivity index (χ4n) is 3.20. The van der Waals surface area contributed by atoms with Crippen molar-refractivity contribution in [2.45, 2.75) is 26.4 Å². The van der Waals surface area contributed by atoms with Gasteiger partial charge >= 0.3 is 0 Å². The van der Waals surface area contributed by atoms with E-state index >= 15 is 0 Å². The number of nitrogens with zero attached hydrogens (tertiary/aromatic N) is 4. The molecule has 0 radical (unpaired) electrons. The Kier molecular flexibility index (Phi) is 5.26.